The van der Waals surface area contributed by atoms with Crippen LogP contribution in [0.1, 0.15) is 13.8 Å². The molecule has 0 aromatic heterocycles. The predicted molar refractivity (Wildman–Crippen MR) is 70.1 cm³/mol. The summed E-state index contributed by atoms with van der Waals surface area (Å²) in [5.41, 5.74) is 4.35. The van der Waals surface area contributed by atoms with Gasteiger partial charge in [-0.1, -0.05) is 20.4 Å². The fourth-order valence-electron chi connectivity index (χ4n) is 2.71. The normalized spacial score (nSPS) is 22.1. The molecule has 2 N–H and O–H groups in total. The Morgan fingerprint density at radius 2 is 2.05 bits per heavy atom. The Balaban J connectivity index is 2.09. The molecular weight excluding hydrogens is 262 g/mol. The molecule has 7 heteroatoms. The summed E-state index contributed by atoms with van der Waals surface area (Å²) < 4.78 is 5.55. The maximum Gasteiger partial charge on any atom is 0.261 e. The average molecular weight is 281 g/mol. The number of likely N-dealkylation sites (tertiary alicyclic amines) is 1. The van der Waals surface area contributed by atoms with Gasteiger partial charge in [0.05, 0.1) is 13.1 Å². The van der Waals surface area contributed by atoms with Gasteiger partial charge in [-0.2, -0.15) is 0 Å². The van der Waals surface area contributed by atoms with Gasteiger partial charge in [-0.3, -0.25) is 14.4 Å². The summed E-state index contributed by atoms with van der Waals surface area (Å²) in [4.78, 5) is 38.2. The molecule has 0 aromatic carbocycles. The van der Waals surface area contributed by atoms with Gasteiger partial charge in [0.1, 0.15) is 12.8 Å². The molecule has 0 unspecified atom stereocenters. The molecule has 20 heavy (non-hydrogen) atoms. The third-order valence-corrected chi connectivity index (χ3v) is 3.77. The molecule has 7 nitrogen and oxygen atoms in total. The number of nitrogens with two attached hydrogens (primary N) is 1. The highest BCUT2D eigenvalue weighted by atomic mass is 16.5. The Bertz CT molecular complexity index is 468. The van der Waals surface area contributed by atoms with Crippen LogP contribution in [0, 0.1) is 5.92 Å². The lowest BCUT2D eigenvalue weighted by Gasteiger charge is -2.44. The summed E-state index contributed by atoms with van der Waals surface area (Å²) in [6.45, 7) is 7.45. The van der Waals surface area contributed by atoms with E-state index in [1.165, 1.54) is 15.9 Å². The van der Waals surface area contributed by atoms with Gasteiger partial charge in [-0.15, -0.1) is 0 Å². The van der Waals surface area contributed by atoms with E-state index in [1.54, 1.807) is 0 Å². The smallest absolute Gasteiger partial charge is 0.261 e. The largest absolute Gasteiger partial charge is 0.368 e. The topological polar surface area (TPSA) is 92.9 Å². The number of ether oxygens (including phenoxy) is 1. The van der Waals surface area contributed by atoms with Crippen LogP contribution in [-0.2, 0) is 19.1 Å². The summed E-state index contributed by atoms with van der Waals surface area (Å²) >= 11 is 0. The van der Waals surface area contributed by atoms with Gasteiger partial charge >= 0.3 is 0 Å². The van der Waals surface area contributed by atoms with Crippen LogP contribution in [0.4, 0.5) is 0 Å². The van der Waals surface area contributed by atoms with Gasteiger partial charge in [-0.25, -0.2) is 0 Å². The number of carbonyl (C=O) groups excluding carboxylic acids is 3. The van der Waals surface area contributed by atoms with Crippen LogP contribution in [0.25, 0.3) is 0 Å². The highest BCUT2D eigenvalue weighted by Gasteiger charge is 2.59. The van der Waals surface area contributed by atoms with Gasteiger partial charge in [0.2, 0.25) is 11.8 Å². The van der Waals surface area contributed by atoms with Crippen molar-refractivity contribution in [1.29, 1.82) is 0 Å². The van der Waals surface area contributed by atoms with Crippen LogP contribution < -0.4 is 5.73 Å². The predicted octanol–water partition coefficient (Wildman–Crippen LogP) is -0.920. The van der Waals surface area contributed by atoms with Crippen LogP contribution >= 0.6 is 0 Å². The zero-order valence-corrected chi connectivity index (χ0v) is 11.7. The van der Waals surface area contributed by atoms with Crippen molar-refractivity contribution in [2.75, 3.05) is 19.8 Å². The summed E-state index contributed by atoms with van der Waals surface area (Å²) in [5, 5.41) is 0. The molecule has 2 rings (SSSR count). The average Bonchev–Trinajstić information content (AvgIpc) is 2.64. The zero-order chi connectivity index (χ0) is 15.1. The highest BCUT2D eigenvalue weighted by molar-refractivity contribution is 5.96. The number of hydrogen-bond acceptors (Lipinski definition) is 4. The van der Waals surface area contributed by atoms with Crippen LogP contribution in [0.3, 0.4) is 0 Å². The van der Waals surface area contributed by atoms with Crippen molar-refractivity contribution in [2.24, 2.45) is 11.7 Å². The summed E-state index contributed by atoms with van der Waals surface area (Å²) in [6, 6.07) is -0.689. The first kappa shape index (κ1) is 14.5. The van der Waals surface area contributed by atoms with Crippen molar-refractivity contribution in [2.45, 2.75) is 25.5 Å². The van der Waals surface area contributed by atoms with E-state index in [4.69, 9.17) is 10.5 Å². The molecule has 2 saturated heterocycles. The number of rotatable bonds is 4. The first-order chi connectivity index (χ1) is 9.32. The lowest BCUT2D eigenvalue weighted by atomic mass is 9.91. The fourth-order valence-corrected chi connectivity index (χ4v) is 2.71. The Hall–Kier alpha value is -1.89. The van der Waals surface area contributed by atoms with Gasteiger partial charge in [0.25, 0.3) is 5.91 Å². The van der Waals surface area contributed by atoms with E-state index >= 15 is 0 Å². The molecular formula is C13H19N3O4. The van der Waals surface area contributed by atoms with Crippen molar-refractivity contribution in [3.05, 3.63) is 12.7 Å². The summed E-state index contributed by atoms with van der Waals surface area (Å²) in [7, 11) is 0. The Morgan fingerprint density at radius 1 is 1.45 bits per heavy atom. The molecule has 2 fully saturated rings. The van der Waals surface area contributed by atoms with Gasteiger partial charge in [0.15, 0.2) is 5.60 Å². The molecule has 0 radical (unpaired) electrons. The van der Waals surface area contributed by atoms with E-state index in [-0.39, 0.29) is 37.6 Å². The Kier molecular flexibility index (Phi) is 3.56. The molecule has 0 saturated carbocycles. The van der Waals surface area contributed by atoms with Crippen molar-refractivity contribution in [3.63, 3.8) is 0 Å². The maximum atomic E-state index is 12.4. The second-order valence-corrected chi connectivity index (χ2v) is 5.53. The van der Waals surface area contributed by atoms with Crippen molar-refractivity contribution >= 4 is 17.7 Å². The van der Waals surface area contributed by atoms with Crippen LogP contribution in [0.5, 0.6) is 0 Å². The third-order valence-electron chi connectivity index (χ3n) is 3.77. The molecule has 110 valence electrons. The fraction of sp³-hybridized carbons (Fsp3) is 0.615. The number of primary amides is 1. The first-order valence-corrected chi connectivity index (χ1v) is 6.48. The van der Waals surface area contributed by atoms with Crippen LogP contribution in [0.2, 0.25) is 0 Å². The molecule has 0 bridgehead atoms. The van der Waals surface area contributed by atoms with Crippen LogP contribution in [-0.4, -0.2) is 59.0 Å². The van der Waals surface area contributed by atoms with Gasteiger partial charge in [-0.05, 0) is 12.0 Å². The second-order valence-electron chi connectivity index (χ2n) is 5.53. The van der Waals surface area contributed by atoms with E-state index < -0.39 is 17.6 Å². The van der Waals surface area contributed by atoms with E-state index in [0.29, 0.717) is 0 Å². The van der Waals surface area contributed by atoms with E-state index in [0.717, 1.165) is 0 Å². The highest BCUT2D eigenvalue weighted by Crippen LogP contribution is 2.34. The Morgan fingerprint density at radius 3 is 2.50 bits per heavy atom. The van der Waals surface area contributed by atoms with E-state index in [1.807, 2.05) is 13.8 Å². The van der Waals surface area contributed by atoms with Crippen molar-refractivity contribution in [1.82, 2.24) is 9.80 Å². The number of hydrogen-bond donors (Lipinski definition) is 1. The van der Waals surface area contributed by atoms with Gasteiger partial charge in [0, 0.05) is 0 Å². The third kappa shape index (κ3) is 2.07. The number of carbonyl (C=O) groups is 3. The molecule has 0 aliphatic carbocycles. The summed E-state index contributed by atoms with van der Waals surface area (Å²) in [5.74, 6) is -1.16. The standard InChI is InChI=1S/C13H19N3O4/c1-4-9(17)15-5-13(6-15)12(19)16(7-20-13)10(8(2)3)11(14)18/h4,8,10H,1,5-7H2,2-3H3,(H2,14,18)/t10-/m0/s1. The molecule has 0 aromatic rings. The maximum absolute atomic E-state index is 12.4. The minimum atomic E-state index is -1.01. The van der Waals surface area contributed by atoms with Crippen molar-refractivity contribution in [3.8, 4) is 0 Å². The first-order valence-electron chi connectivity index (χ1n) is 6.48. The summed E-state index contributed by atoms with van der Waals surface area (Å²) in [6.07, 6.45) is 1.20. The monoisotopic (exact) mass is 281 g/mol. The van der Waals surface area contributed by atoms with Crippen LogP contribution in [0.15, 0.2) is 12.7 Å². The van der Waals surface area contributed by atoms with E-state index in [9.17, 15) is 14.4 Å². The van der Waals surface area contributed by atoms with E-state index in [2.05, 4.69) is 6.58 Å². The lowest BCUT2D eigenvalue weighted by Crippen LogP contribution is -2.68. The van der Waals surface area contributed by atoms with Crippen molar-refractivity contribution < 1.29 is 19.1 Å². The zero-order valence-electron chi connectivity index (χ0n) is 11.7. The molecule has 1 atom stereocenters. The Labute approximate surface area is 117 Å². The molecule has 2 heterocycles. The number of nitrogens with zero attached hydrogens (tertiary/aromatic N) is 2. The quantitative estimate of drug-likeness (QED) is 0.674. The second kappa shape index (κ2) is 4.90. The molecule has 3 amide bonds. The minimum absolute atomic E-state index is 0.0285. The van der Waals surface area contributed by atoms with Gasteiger partial charge < -0.3 is 20.3 Å². The SMILES string of the molecule is C=CC(=O)N1CC2(C1)OCN([C@H](C(N)=O)C(C)C)C2=O. The minimum Gasteiger partial charge on any atom is -0.368 e. The molecule has 2 aliphatic rings. The number of amides is 3. The molecule has 2 aliphatic heterocycles. The molecule has 1 spiro atoms. The lowest BCUT2D eigenvalue weighted by molar-refractivity contribution is -0.163.